The van der Waals surface area contributed by atoms with Crippen LogP contribution in [-0.4, -0.2) is 6.04 Å². The largest absolute Gasteiger partial charge is 0.310 e. The molecule has 1 rings (SSSR count). The van der Waals surface area contributed by atoms with Gasteiger partial charge in [0.25, 0.3) is 0 Å². The molecule has 0 bridgehead atoms. The Bertz CT molecular complexity index is 294. The summed E-state index contributed by atoms with van der Waals surface area (Å²) in [4.78, 5) is 0. The summed E-state index contributed by atoms with van der Waals surface area (Å²) in [6.45, 7) is 5.52. The summed E-state index contributed by atoms with van der Waals surface area (Å²) in [6, 6.07) is 9.16. The van der Waals surface area contributed by atoms with Gasteiger partial charge >= 0.3 is 0 Å². The fourth-order valence-electron chi connectivity index (χ4n) is 1.87. The van der Waals surface area contributed by atoms with E-state index in [-0.39, 0.29) is 0 Å². The zero-order chi connectivity index (χ0) is 12.5. The fourth-order valence-corrected chi connectivity index (χ4v) is 2.14. The molecular weight excluding hydrogens is 274 g/mol. The lowest BCUT2D eigenvalue weighted by Crippen LogP contribution is -2.25. The van der Waals surface area contributed by atoms with Crippen LogP contribution < -0.4 is 5.32 Å². The number of hydrogen-bond acceptors (Lipinski definition) is 1. The van der Waals surface area contributed by atoms with Gasteiger partial charge in [0.05, 0.1) is 0 Å². The van der Waals surface area contributed by atoms with Crippen molar-refractivity contribution in [3.8, 4) is 0 Å². The Kier molecular flexibility index (Phi) is 7.54. The van der Waals surface area contributed by atoms with E-state index < -0.39 is 0 Å². The van der Waals surface area contributed by atoms with Crippen LogP contribution in [0.1, 0.15) is 51.5 Å². The van der Waals surface area contributed by atoms with Crippen LogP contribution in [0.3, 0.4) is 0 Å². The topological polar surface area (TPSA) is 12.0 Å². The van der Waals surface area contributed by atoms with Gasteiger partial charge in [-0.15, -0.1) is 0 Å². The minimum absolute atomic E-state index is 0.621. The average Bonchev–Trinajstić information content (AvgIpc) is 2.34. The molecule has 1 aromatic rings. The van der Waals surface area contributed by atoms with E-state index in [0.717, 1.165) is 11.0 Å². The summed E-state index contributed by atoms with van der Waals surface area (Å²) in [6.07, 6.45) is 6.71. The Morgan fingerprint density at radius 3 is 2.47 bits per heavy atom. The second-order valence-corrected chi connectivity index (χ2v) is 5.67. The molecule has 1 unspecified atom stereocenters. The SMILES string of the molecule is CCCCCCC(C)NCc1ccc(Br)cc1. The molecule has 1 aromatic carbocycles. The van der Waals surface area contributed by atoms with E-state index in [2.05, 4.69) is 59.4 Å². The van der Waals surface area contributed by atoms with Gasteiger partial charge in [0.15, 0.2) is 0 Å². The molecule has 0 heterocycles. The minimum atomic E-state index is 0.621. The lowest BCUT2D eigenvalue weighted by atomic mass is 10.1. The molecule has 0 aliphatic heterocycles. The first-order valence-corrected chi connectivity index (χ1v) is 7.49. The van der Waals surface area contributed by atoms with Crippen molar-refractivity contribution >= 4 is 15.9 Å². The van der Waals surface area contributed by atoms with Crippen molar-refractivity contribution in [1.29, 1.82) is 0 Å². The second-order valence-electron chi connectivity index (χ2n) is 4.76. The van der Waals surface area contributed by atoms with Gasteiger partial charge in [0.2, 0.25) is 0 Å². The Hall–Kier alpha value is -0.340. The Balaban J connectivity index is 2.14. The lowest BCUT2D eigenvalue weighted by molar-refractivity contribution is 0.482. The van der Waals surface area contributed by atoms with E-state index in [9.17, 15) is 0 Å². The Morgan fingerprint density at radius 2 is 1.82 bits per heavy atom. The molecule has 0 spiro atoms. The van der Waals surface area contributed by atoms with Crippen molar-refractivity contribution in [2.75, 3.05) is 0 Å². The molecule has 0 aliphatic carbocycles. The Labute approximate surface area is 114 Å². The van der Waals surface area contributed by atoms with Crippen LogP contribution in [0.4, 0.5) is 0 Å². The standard InChI is InChI=1S/C15H24BrN/c1-3-4-5-6-7-13(2)17-12-14-8-10-15(16)11-9-14/h8-11,13,17H,3-7,12H2,1-2H3. The van der Waals surface area contributed by atoms with Gasteiger partial charge in [-0.05, 0) is 31.0 Å². The van der Waals surface area contributed by atoms with Gasteiger partial charge < -0.3 is 5.32 Å². The monoisotopic (exact) mass is 297 g/mol. The first-order valence-electron chi connectivity index (χ1n) is 6.70. The molecule has 1 N–H and O–H groups in total. The summed E-state index contributed by atoms with van der Waals surface area (Å²) in [5.74, 6) is 0. The first-order chi connectivity index (χ1) is 8.22. The van der Waals surface area contributed by atoms with Gasteiger partial charge in [0, 0.05) is 17.1 Å². The molecule has 2 heteroatoms. The van der Waals surface area contributed by atoms with Crippen LogP contribution in [0.25, 0.3) is 0 Å². The summed E-state index contributed by atoms with van der Waals surface area (Å²) in [5, 5.41) is 3.58. The van der Waals surface area contributed by atoms with Crippen molar-refractivity contribution in [3.63, 3.8) is 0 Å². The van der Waals surface area contributed by atoms with E-state index in [0.29, 0.717) is 6.04 Å². The van der Waals surface area contributed by atoms with E-state index in [4.69, 9.17) is 0 Å². The molecule has 0 saturated carbocycles. The maximum atomic E-state index is 3.58. The Morgan fingerprint density at radius 1 is 1.12 bits per heavy atom. The van der Waals surface area contributed by atoms with Crippen LogP contribution in [0.15, 0.2) is 28.7 Å². The summed E-state index contributed by atoms with van der Waals surface area (Å²) in [5.41, 5.74) is 1.36. The molecule has 17 heavy (non-hydrogen) atoms. The average molecular weight is 298 g/mol. The van der Waals surface area contributed by atoms with Gasteiger partial charge in [-0.2, -0.15) is 0 Å². The molecule has 0 radical (unpaired) electrons. The minimum Gasteiger partial charge on any atom is -0.310 e. The molecule has 0 aromatic heterocycles. The van der Waals surface area contributed by atoms with Crippen LogP contribution in [0.2, 0.25) is 0 Å². The van der Waals surface area contributed by atoms with Crippen molar-refractivity contribution in [2.24, 2.45) is 0 Å². The number of unbranched alkanes of at least 4 members (excludes halogenated alkanes) is 3. The summed E-state index contributed by atoms with van der Waals surface area (Å²) >= 11 is 3.45. The van der Waals surface area contributed by atoms with Crippen LogP contribution >= 0.6 is 15.9 Å². The van der Waals surface area contributed by atoms with Gasteiger partial charge in [-0.3, -0.25) is 0 Å². The predicted octanol–water partition coefficient (Wildman–Crippen LogP) is 4.90. The second kappa shape index (κ2) is 8.71. The van der Waals surface area contributed by atoms with Crippen molar-refractivity contribution in [3.05, 3.63) is 34.3 Å². The van der Waals surface area contributed by atoms with Gasteiger partial charge in [-0.25, -0.2) is 0 Å². The predicted molar refractivity (Wildman–Crippen MR) is 79.2 cm³/mol. The molecule has 1 atom stereocenters. The normalized spacial score (nSPS) is 12.6. The van der Waals surface area contributed by atoms with Crippen LogP contribution in [0, 0.1) is 0 Å². The summed E-state index contributed by atoms with van der Waals surface area (Å²) in [7, 11) is 0. The molecule has 0 aliphatic rings. The highest BCUT2D eigenvalue weighted by molar-refractivity contribution is 9.10. The van der Waals surface area contributed by atoms with Crippen molar-refractivity contribution in [1.82, 2.24) is 5.32 Å². The highest BCUT2D eigenvalue weighted by atomic mass is 79.9. The van der Waals surface area contributed by atoms with Gasteiger partial charge in [0.1, 0.15) is 0 Å². The molecular formula is C15H24BrN. The number of hydrogen-bond donors (Lipinski definition) is 1. The van der Waals surface area contributed by atoms with E-state index in [1.807, 2.05) is 0 Å². The van der Waals surface area contributed by atoms with E-state index in [1.54, 1.807) is 0 Å². The highest BCUT2D eigenvalue weighted by Gasteiger charge is 2.01. The van der Waals surface area contributed by atoms with E-state index >= 15 is 0 Å². The smallest absolute Gasteiger partial charge is 0.0207 e. The third kappa shape index (κ3) is 6.85. The molecule has 0 amide bonds. The number of rotatable bonds is 8. The maximum Gasteiger partial charge on any atom is 0.0207 e. The fraction of sp³-hybridized carbons (Fsp3) is 0.600. The third-order valence-corrected chi connectivity index (χ3v) is 3.59. The molecule has 1 nitrogen and oxygen atoms in total. The van der Waals surface area contributed by atoms with Crippen LogP contribution in [-0.2, 0) is 6.54 Å². The number of benzene rings is 1. The maximum absolute atomic E-state index is 3.58. The van der Waals surface area contributed by atoms with Crippen molar-refractivity contribution < 1.29 is 0 Å². The van der Waals surface area contributed by atoms with E-state index in [1.165, 1.54) is 37.7 Å². The van der Waals surface area contributed by atoms with Crippen LogP contribution in [0.5, 0.6) is 0 Å². The lowest BCUT2D eigenvalue weighted by Gasteiger charge is -2.13. The number of halogens is 1. The quantitative estimate of drug-likeness (QED) is 0.673. The number of nitrogens with one attached hydrogen (secondary N) is 1. The first kappa shape index (κ1) is 14.7. The van der Waals surface area contributed by atoms with Crippen molar-refractivity contribution in [2.45, 2.75) is 58.5 Å². The molecule has 0 saturated heterocycles. The molecule has 0 fully saturated rings. The third-order valence-electron chi connectivity index (χ3n) is 3.06. The zero-order valence-electron chi connectivity index (χ0n) is 11.0. The van der Waals surface area contributed by atoms with Gasteiger partial charge in [-0.1, -0.05) is 60.7 Å². The highest BCUT2D eigenvalue weighted by Crippen LogP contribution is 2.11. The zero-order valence-corrected chi connectivity index (χ0v) is 12.6. The summed E-state index contributed by atoms with van der Waals surface area (Å²) < 4.78 is 1.15. The molecule has 96 valence electrons.